The minimum atomic E-state index is -0.0634. The van der Waals surface area contributed by atoms with E-state index in [0.29, 0.717) is 31.9 Å². The molecular weight excluding hydrogens is 256 g/mol. The second-order valence-corrected chi connectivity index (χ2v) is 4.48. The fraction of sp³-hybridized carbons (Fsp3) is 0.400. The lowest BCUT2D eigenvalue weighted by Gasteiger charge is -2.07. The summed E-state index contributed by atoms with van der Waals surface area (Å²) in [6.07, 6.45) is 0. The van der Waals surface area contributed by atoms with E-state index in [1.165, 1.54) is 0 Å². The first kappa shape index (κ1) is 14.6. The predicted molar refractivity (Wildman–Crippen MR) is 79.3 cm³/mol. The molecule has 2 rings (SSSR count). The van der Waals surface area contributed by atoms with Crippen LogP contribution < -0.4 is 15.6 Å². The fourth-order valence-corrected chi connectivity index (χ4v) is 2.01. The molecular formula is C15H20N2O3. The van der Waals surface area contributed by atoms with Crippen LogP contribution in [-0.4, -0.2) is 31.9 Å². The van der Waals surface area contributed by atoms with Gasteiger partial charge in [0.1, 0.15) is 5.75 Å². The van der Waals surface area contributed by atoms with E-state index in [9.17, 15) is 4.79 Å². The molecule has 2 N–H and O–H groups in total. The lowest BCUT2D eigenvalue weighted by atomic mass is 10.1. The monoisotopic (exact) mass is 276 g/mol. The summed E-state index contributed by atoms with van der Waals surface area (Å²) in [4.78, 5) is 14.8. The Labute approximate surface area is 117 Å². The molecule has 2 aromatic rings. The van der Waals surface area contributed by atoms with E-state index < -0.39 is 0 Å². The van der Waals surface area contributed by atoms with Gasteiger partial charge in [-0.1, -0.05) is 0 Å². The number of pyridine rings is 1. The van der Waals surface area contributed by atoms with E-state index in [1.807, 2.05) is 31.2 Å². The number of ether oxygens (including phenoxy) is 2. The summed E-state index contributed by atoms with van der Waals surface area (Å²) in [6.45, 7) is 4.43. The van der Waals surface area contributed by atoms with Gasteiger partial charge in [-0.25, -0.2) is 0 Å². The molecule has 0 fully saturated rings. The summed E-state index contributed by atoms with van der Waals surface area (Å²) in [5.74, 6) is 0.811. The van der Waals surface area contributed by atoms with Crippen LogP contribution in [-0.2, 0) is 11.3 Å². The van der Waals surface area contributed by atoms with Crippen molar-refractivity contribution in [3.8, 4) is 5.75 Å². The van der Waals surface area contributed by atoms with Crippen molar-refractivity contribution >= 4 is 10.9 Å². The van der Waals surface area contributed by atoms with Gasteiger partial charge >= 0.3 is 0 Å². The van der Waals surface area contributed by atoms with Gasteiger partial charge in [-0.05, 0) is 31.2 Å². The quantitative estimate of drug-likeness (QED) is 0.755. The second-order valence-electron chi connectivity index (χ2n) is 4.48. The summed E-state index contributed by atoms with van der Waals surface area (Å²) in [6, 6.07) is 7.56. The number of aromatic nitrogens is 1. The fourth-order valence-electron chi connectivity index (χ4n) is 2.01. The number of benzene rings is 1. The molecule has 1 aromatic carbocycles. The van der Waals surface area contributed by atoms with E-state index >= 15 is 0 Å². The zero-order valence-electron chi connectivity index (χ0n) is 11.9. The van der Waals surface area contributed by atoms with Crippen molar-refractivity contribution in [1.82, 2.24) is 10.3 Å². The van der Waals surface area contributed by atoms with E-state index in [-0.39, 0.29) is 5.56 Å². The van der Waals surface area contributed by atoms with Crippen molar-refractivity contribution in [2.45, 2.75) is 13.5 Å². The van der Waals surface area contributed by atoms with Crippen LogP contribution in [0.2, 0.25) is 0 Å². The van der Waals surface area contributed by atoms with Crippen molar-refractivity contribution in [1.29, 1.82) is 0 Å². The summed E-state index contributed by atoms with van der Waals surface area (Å²) in [5, 5.41) is 4.14. The number of fused-ring (bicyclic) bond motifs is 1. The first-order chi connectivity index (χ1) is 9.74. The van der Waals surface area contributed by atoms with Gasteiger partial charge < -0.3 is 19.8 Å². The van der Waals surface area contributed by atoms with Gasteiger partial charge in [0.15, 0.2) is 0 Å². The molecule has 1 heterocycles. The molecule has 0 aliphatic rings. The Morgan fingerprint density at radius 1 is 1.30 bits per heavy atom. The molecule has 0 unspecified atom stereocenters. The van der Waals surface area contributed by atoms with Crippen LogP contribution in [0.4, 0.5) is 0 Å². The average Bonchev–Trinajstić information content (AvgIpc) is 2.44. The molecule has 0 amide bonds. The number of H-pyrrole nitrogens is 1. The third-order valence-corrected chi connectivity index (χ3v) is 3.00. The predicted octanol–water partition coefficient (Wildman–Crippen LogP) is 1.66. The topological polar surface area (TPSA) is 63.4 Å². The Morgan fingerprint density at radius 2 is 2.15 bits per heavy atom. The van der Waals surface area contributed by atoms with Gasteiger partial charge in [-0.2, -0.15) is 0 Å². The number of nitrogens with one attached hydrogen (secondary N) is 2. The average molecular weight is 276 g/mol. The zero-order valence-corrected chi connectivity index (χ0v) is 11.9. The van der Waals surface area contributed by atoms with Crippen LogP contribution in [0.15, 0.2) is 29.1 Å². The largest absolute Gasteiger partial charge is 0.494 e. The molecule has 0 atom stereocenters. The number of methoxy groups -OCH3 is 1. The first-order valence-electron chi connectivity index (χ1n) is 6.73. The van der Waals surface area contributed by atoms with Gasteiger partial charge in [-0.3, -0.25) is 4.79 Å². The Morgan fingerprint density at radius 3 is 2.90 bits per heavy atom. The molecule has 20 heavy (non-hydrogen) atoms. The molecule has 0 saturated heterocycles. The summed E-state index contributed by atoms with van der Waals surface area (Å²) >= 11 is 0. The van der Waals surface area contributed by atoms with E-state index in [0.717, 1.165) is 16.7 Å². The third kappa shape index (κ3) is 3.59. The Bertz CT molecular complexity index is 622. The molecule has 0 radical (unpaired) electrons. The first-order valence-corrected chi connectivity index (χ1v) is 6.73. The molecule has 0 aliphatic carbocycles. The Balaban J connectivity index is 2.21. The minimum Gasteiger partial charge on any atom is -0.494 e. The van der Waals surface area contributed by atoms with E-state index in [4.69, 9.17) is 9.47 Å². The maximum absolute atomic E-state index is 11.9. The van der Waals surface area contributed by atoms with Crippen LogP contribution in [0.5, 0.6) is 5.75 Å². The van der Waals surface area contributed by atoms with Gasteiger partial charge in [0.25, 0.3) is 5.56 Å². The third-order valence-electron chi connectivity index (χ3n) is 3.00. The lowest BCUT2D eigenvalue weighted by Crippen LogP contribution is -2.23. The van der Waals surface area contributed by atoms with Crippen LogP contribution in [0, 0.1) is 0 Å². The SMILES string of the molecule is CCOc1ccc2[nH]c(=O)c(CNCCOC)cc2c1. The summed E-state index contributed by atoms with van der Waals surface area (Å²) < 4.78 is 10.4. The van der Waals surface area contributed by atoms with Crippen LogP contribution in [0.25, 0.3) is 10.9 Å². The number of hydrogen-bond donors (Lipinski definition) is 2. The maximum atomic E-state index is 11.9. The molecule has 5 heteroatoms. The number of hydrogen-bond acceptors (Lipinski definition) is 4. The van der Waals surface area contributed by atoms with Crippen molar-refractivity contribution in [3.05, 3.63) is 40.2 Å². The maximum Gasteiger partial charge on any atom is 0.252 e. The highest BCUT2D eigenvalue weighted by molar-refractivity contribution is 5.80. The van der Waals surface area contributed by atoms with Crippen LogP contribution >= 0.6 is 0 Å². The van der Waals surface area contributed by atoms with Crippen molar-refractivity contribution in [2.75, 3.05) is 26.9 Å². The summed E-state index contributed by atoms with van der Waals surface area (Å²) in [5.41, 5.74) is 1.47. The molecule has 1 aromatic heterocycles. The highest BCUT2D eigenvalue weighted by Gasteiger charge is 2.04. The molecule has 5 nitrogen and oxygen atoms in total. The molecule has 0 spiro atoms. The smallest absolute Gasteiger partial charge is 0.252 e. The van der Waals surface area contributed by atoms with Gasteiger partial charge in [-0.15, -0.1) is 0 Å². The van der Waals surface area contributed by atoms with Crippen LogP contribution in [0.1, 0.15) is 12.5 Å². The molecule has 0 bridgehead atoms. The van der Waals surface area contributed by atoms with Gasteiger partial charge in [0.2, 0.25) is 0 Å². The normalized spacial score (nSPS) is 10.9. The van der Waals surface area contributed by atoms with Crippen molar-refractivity contribution in [3.63, 3.8) is 0 Å². The highest BCUT2D eigenvalue weighted by atomic mass is 16.5. The van der Waals surface area contributed by atoms with Crippen LogP contribution in [0.3, 0.4) is 0 Å². The Kier molecular flexibility index (Phi) is 5.15. The molecule has 0 saturated carbocycles. The standard InChI is InChI=1S/C15H20N2O3/c1-3-20-13-4-5-14-11(9-13)8-12(15(18)17-14)10-16-6-7-19-2/h4-5,8-9,16H,3,6-7,10H2,1-2H3,(H,17,18). The lowest BCUT2D eigenvalue weighted by molar-refractivity contribution is 0.199. The van der Waals surface area contributed by atoms with Crippen molar-refractivity contribution < 1.29 is 9.47 Å². The molecule has 108 valence electrons. The highest BCUT2D eigenvalue weighted by Crippen LogP contribution is 2.19. The number of aromatic amines is 1. The zero-order chi connectivity index (χ0) is 14.4. The molecule has 0 aliphatic heterocycles. The van der Waals surface area contributed by atoms with E-state index in [2.05, 4.69) is 10.3 Å². The minimum absolute atomic E-state index is 0.0634. The second kappa shape index (κ2) is 7.07. The van der Waals surface area contributed by atoms with E-state index in [1.54, 1.807) is 7.11 Å². The summed E-state index contributed by atoms with van der Waals surface area (Å²) in [7, 11) is 1.65. The Hall–Kier alpha value is -1.85. The van der Waals surface area contributed by atoms with Crippen molar-refractivity contribution in [2.24, 2.45) is 0 Å². The number of rotatable bonds is 7. The van der Waals surface area contributed by atoms with Gasteiger partial charge in [0, 0.05) is 36.7 Å². The van der Waals surface area contributed by atoms with Gasteiger partial charge in [0.05, 0.1) is 13.2 Å².